The maximum absolute atomic E-state index is 12.3. The third-order valence-corrected chi connectivity index (χ3v) is 5.38. The smallest absolute Gasteiger partial charge is 0.216 e. The van der Waals surface area contributed by atoms with Crippen molar-refractivity contribution in [3.63, 3.8) is 0 Å². The first-order valence-electron chi connectivity index (χ1n) is 7.10. The molecule has 0 heterocycles. The molecule has 21 heavy (non-hydrogen) atoms. The van der Waals surface area contributed by atoms with Gasteiger partial charge in [-0.25, -0.2) is 13.1 Å². The average Bonchev–Trinajstić information content (AvgIpc) is 2.48. The summed E-state index contributed by atoms with van der Waals surface area (Å²) < 4.78 is 27.3. The molecule has 5 nitrogen and oxygen atoms in total. The summed E-state index contributed by atoms with van der Waals surface area (Å²) in [5.41, 5.74) is 0.428. The summed E-state index contributed by atoms with van der Waals surface area (Å²) in [7, 11) is -3.52. The highest BCUT2D eigenvalue weighted by Gasteiger charge is 2.35. The Morgan fingerprint density at radius 3 is 2.33 bits per heavy atom. The van der Waals surface area contributed by atoms with Crippen LogP contribution in [0.25, 0.3) is 0 Å². The Bertz CT molecular complexity index is 611. The summed E-state index contributed by atoms with van der Waals surface area (Å²) in [6, 6.07) is 8.49. The van der Waals surface area contributed by atoms with Crippen molar-refractivity contribution in [2.75, 3.05) is 6.61 Å². The lowest BCUT2D eigenvalue weighted by Gasteiger charge is -2.36. The summed E-state index contributed by atoms with van der Waals surface area (Å²) in [4.78, 5) is 0. The fraction of sp³-hybridized carbons (Fsp3) is 0.533. The predicted octanol–water partition coefficient (Wildman–Crippen LogP) is 1.67. The summed E-state index contributed by atoms with van der Waals surface area (Å²) in [5.74, 6) is -0.138. The standard InChI is InChI=1S/C15H20N2O3S/c16-10-13-4-6-14(7-5-13)11-21(19,20)17-15(12-18)8-2-1-3-9-15/h4-7,17-18H,1-3,8-9,11-12H2. The molecule has 1 aromatic rings. The Kier molecular flexibility index (Phi) is 4.99. The van der Waals surface area contributed by atoms with Gasteiger partial charge in [-0.05, 0) is 30.5 Å². The zero-order valence-electron chi connectivity index (χ0n) is 11.9. The Labute approximate surface area is 125 Å². The molecular weight excluding hydrogens is 288 g/mol. The first-order chi connectivity index (χ1) is 9.99. The van der Waals surface area contributed by atoms with Crippen LogP contribution in [0.2, 0.25) is 0 Å². The second-order valence-electron chi connectivity index (χ2n) is 5.67. The molecule has 0 atom stereocenters. The first kappa shape index (κ1) is 16.0. The van der Waals surface area contributed by atoms with E-state index in [1.54, 1.807) is 24.3 Å². The molecule has 0 saturated heterocycles. The molecule has 1 aliphatic carbocycles. The molecule has 0 aliphatic heterocycles. The molecule has 1 aliphatic rings. The number of sulfonamides is 1. The highest BCUT2D eigenvalue weighted by Crippen LogP contribution is 2.28. The van der Waals surface area contributed by atoms with Crippen molar-refractivity contribution in [2.45, 2.75) is 43.4 Å². The SMILES string of the molecule is N#Cc1ccc(CS(=O)(=O)NC2(CO)CCCCC2)cc1. The molecule has 1 fully saturated rings. The van der Waals surface area contributed by atoms with Gasteiger partial charge in [-0.2, -0.15) is 5.26 Å². The highest BCUT2D eigenvalue weighted by atomic mass is 32.2. The topological polar surface area (TPSA) is 90.2 Å². The van der Waals surface area contributed by atoms with E-state index in [0.29, 0.717) is 24.0 Å². The van der Waals surface area contributed by atoms with Gasteiger partial charge in [-0.1, -0.05) is 31.4 Å². The number of aliphatic hydroxyl groups is 1. The van der Waals surface area contributed by atoms with Crippen molar-refractivity contribution in [3.05, 3.63) is 35.4 Å². The van der Waals surface area contributed by atoms with Crippen LogP contribution in [0.5, 0.6) is 0 Å². The molecule has 0 unspecified atom stereocenters. The van der Waals surface area contributed by atoms with Gasteiger partial charge in [0.05, 0.1) is 29.5 Å². The lowest BCUT2D eigenvalue weighted by molar-refractivity contribution is 0.142. The quantitative estimate of drug-likeness (QED) is 0.866. The zero-order valence-corrected chi connectivity index (χ0v) is 12.7. The molecule has 2 rings (SSSR count). The van der Waals surface area contributed by atoms with Crippen LogP contribution >= 0.6 is 0 Å². The number of nitrogens with zero attached hydrogens (tertiary/aromatic N) is 1. The van der Waals surface area contributed by atoms with Crippen LogP contribution < -0.4 is 4.72 Å². The lowest BCUT2D eigenvalue weighted by Crippen LogP contribution is -2.52. The Hall–Kier alpha value is -1.42. The fourth-order valence-corrected chi connectivity index (χ4v) is 4.41. The van der Waals surface area contributed by atoms with E-state index in [2.05, 4.69) is 4.72 Å². The van der Waals surface area contributed by atoms with E-state index in [4.69, 9.17) is 5.26 Å². The molecular formula is C15H20N2O3S. The van der Waals surface area contributed by atoms with Crippen LogP contribution in [-0.2, 0) is 15.8 Å². The van der Waals surface area contributed by atoms with Gasteiger partial charge in [0.1, 0.15) is 0 Å². The first-order valence-corrected chi connectivity index (χ1v) is 8.75. The second-order valence-corrected chi connectivity index (χ2v) is 7.39. The summed E-state index contributed by atoms with van der Waals surface area (Å²) in [5, 5.41) is 18.3. The number of hydrogen-bond donors (Lipinski definition) is 2. The fourth-order valence-electron chi connectivity index (χ4n) is 2.78. The van der Waals surface area contributed by atoms with Crippen molar-refractivity contribution < 1.29 is 13.5 Å². The minimum atomic E-state index is -3.52. The normalized spacial score (nSPS) is 18.1. The van der Waals surface area contributed by atoms with Crippen molar-refractivity contribution in [1.82, 2.24) is 4.72 Å². The van der Waals surface area contributed by atoms with Crippen molar-refractivity contribution in [1.29, 1.82) is 5.26 Å². The number of rotatable bonds is 5. The zero-order chi connectivity index (χ0) is 15.3. The monoisotopic (exact) mass is 308 g/mol. The van der Waals surface area contributed by atoms with Gasteiger partial charge in [0.2, 0.25) is 10.0 Å². The Balaban J connectivity index is 2.08. The Morgan fingerprint density at radius 1 is 1.19 bits per heavy atom. The molecule has 0 amide bonds. The summed E-state index contributed by atoms with van der Waals surface area (Å²) in [6.07, 6.45) is 4.30. The van der Waals surface area contributed by atoms with Gasteiger partial charge < -0.3 is 5.11 Å². The second kappa shape index (κ2) is 6.56. The number of nitriles is 1. The number of aliphatic hydroxyl groups excluding tert-OH is 1. The van der Waals surface area contributed by atoms with Crippen molar-refractivity contribution >= 4 is 10.0 Å². The third-order valence-electron chi connectivity index (χ3n) is 3.93. The van der Waals surface area contributed by atoms with E-state index in [1.165, 1.54) is 0 Å². The molecule has 0 spiro atoms. The molecule has 1 aromatic carbocycles. The van der Waals surface area contributed by atoms with Crippen LogP contribution in [0.15, 0.2) is 24.3 Å². The van der Waals surface area contributed by atoms with Crippen LogP contribution in [0.4, 0.5) is 0 Å². The third kappa shape index (κ3) is 4.27. The van der Waals surface area contributed by atoms with E-state index < -0.39 is 15.6 Å². The van der Waals surface area contributed by atoms with Gasteiger partial charge in [-0.15, -0.1) is 0 Å². The predicted molar refractivity (Wildman–Crippen MR) is 79.8 cm³/mol. The number of benzene rings is 1. The van der Waals surface area contributed by atoms with Crippen molar-refractivity contribution in [2.24, 2.45) is 0 Å². The molecule has 114 valence electrons. The molecule has 2 N–H and O–H groups in total. The lowest BCUT2D eigenvalue weighted by atomic mass is 9.83. The van der Waals surface area contributed by atoms with Crippen LogP contribution in [0.3, 0.4) is 0 Å². The van der Waals surface area contributed by atoms with Crippen LogP contribution in [0, 0.1) is 11.3 Å². The number of hydrogen-bond acceptors (Lipinski definition) is 4. The van der Waals surface area contributed by atoms with Crippen LogP contribution in [-0.4, -0.2) is 25.7 Å². The molecule has 6 heteroatoms. The molecule has 0 aromatic heterocycles. The molecule has 0 radical (unpaired) electrons. The van der Waals surface area contributed by atoms with E-state index >= 15 is 0 Å². The van der Waals surface area contributed by atoms with Crippen LogP contribution in [0.1, 0.15) is 43.2 Å². The van der Waals surface area contributed by atoms with Crippen molar-refractivity contribution in [3.8, 4) is 6.07 Å². The average molecular weight is 308 g/mol. The maximum atomic E-state index is 12.3. The molecule has 1 saturated carbocycles. The summed E-state index contributed by atoms with van der Waals surface area (Å²) >= 11 is 0. The van der Waals surface area contributed by atoms with E-state index in [-0.39, 0.29) is 12.4 Å². The maximum Gasteiger partial charge on any atom is 0.216 e. The van der Waals surface area contributed by atoms with Gasteiger partial charge in [0, 0.05) is 0 Å². The highest BCUT2D eigenvalue weighted by molar-refractivity contribution is 7.88. The molecule has 0 bridgehead atoms. The van der Waals surface area contributed by atoms with Gasteiger partial charge in [0.15, 0.2) is 0 Å². The summed E-state index contributed by atoms with van der Waals surface area (Å²) in [6.45, 7) is -0.167. The van der Waals surface area contributed by atoms with Gasteiger partial charge in [-0.3, -0.25) is 0 Å². The largest absolute Gasteiger partial charge is 0.394 e. The minimum Gasteiger partial charge on any atom is -0.394 e. The van der Waals surface area contributed by atoms with Gasteiger partial charge in [0.25, 0.3) is 0 Å². The number of nitrogens with one attached hydrogen (secondary N) is 1. The Morgan fingerprint density at radius 2 is 1.81 bits per heavy atom. The van der Waals surface area contributed by atoms with Gasteiger partial charge >= 0.3 is 0 Å². The minimum absolute atomic E-state index is 0.138. The van der Waals surface area contributed by atoms with E-state index in [9.17, 15) is 13.5 Å². The van der Waals surface area contributed by atoms with E-state index in [0.717, 1.165) is 19.3 Å². The van der Waals surface area contributed by atoms with E-state index in [1.807, 2.05) is 6.07 Å².